The minimum Gasteiger partial charge on any atom is -0.310 e. The summed E-state index contributed by atoms with van der Waals surface area (Å²) in [6, 6.07) is 19.4. The zero-order valence-electron chi connectivity index (χ0n) is 14.6. The second-order valence-electron chi connectivity index (χ2n) is 6.35. The molecular weight excluding hydrogens is 297 g/mol. The van der Waals surface area contributed by atoms with Gasteiger partial charge in [-0.25, -0.2) is 4.39 Å². The Kier molecular flexibility index (Phi) is 4.39. The maximum Gasteiger partial charge on any atom is 0.125 e. The monoisotopic (exact) mass is 319 g/mol. The number of rotatable bonds is 3. The van der Waals surface area contributed by atoms with Gasteiger partial charge in [-0.15, -0.1) is 0 Å². The van der Waals surface area contributed by atoms with E-state index in [-0.39, 0.29) is 5.82 Å². The summed E-state index contributed by atoms with van der Waals surface area (Å²) in [7, 11) is 0. The molecular formula is C22H22FN. The molecule has 0 saturated carbocycles. The summed E-state index contributed by atoms with van der Waals surface area (Å²) in [6.07, 6.45) is 0. The Morgan fingerprint density at radius 1 is 0.583 bits per heavy atom. The molecule has 1 nitrogen and oxygen atoms in total. The summed E-state index contributed by atoms with van der Waals surface area (Å²) in [5, 5.41) is 0. The molecule has 0 aromatic heterocycles. The second-order valence-corrected chi connectivity index (χ2v) is 6.35. The van der Waals surface area contributed by atoms with Gasteiger partial charge >= 0.3 is 0 Å². The first-order chi connectivity index (χ1) is 11.5. The van der Waals surface area contributed by atoms with Gasteiger partial charge in [-0.2, -0.15) is 0 Å². The fourth-order valence-electron chi connectivity index (χ4n) is 2.79. The molecule has 0 heterocycles. The summed E-state index contributed by atoms with van der Waals surface area (Å²) in [4.78, 5) is 2.10. The van der Waals surface area contributed by atoms with E-state index in [4.69, 9.17) is 0 Å². The molecule has 0 aliphatic rings. The average Bonchev–Trinajstić information content (AvgIpc) is 2.54. The molecule has 0 N–H and O–H groups in total. The lowest BCUT2D eigenvalue weighted by Gasteiger charge is -2.26. The number of nitrogens with zero attached hydrogens (tertiary/aromatic N) is 1. The molecule has 3 aromatic carbocycles. The third-order valence-electron chi connectivity index (χ3n) is 4.56. The second kappa shape index (κ2) is 6.48. The van der Waals surface area contributed by atoms with Crippen LogP contribution in [0.1, 0.15) is 22.3 Å². The minimum atomic E-state index is -0.231. The lowest BCUT2D eigenvalue weighted by atomic mass is 10.1. The van der Waals surface area contributed by atoms with E-state index in [2.05, 4.69) is 69.0 Å². The van der Waals surface area contributed by atoms with Crippen LogP contribution in [0.2, 0.25) is 0 Å². The third kappa shape index (κ3) is 3.18. The van der Waals surface area contributed by atoms with Gasteiger partial charge in [0.25, 0.3) is 0 Å². The van der Waals surface area contributed by atoms with Gasteiger partial charge in [-0.3, -0.25) is 0 Å². The lowest BCUT2D eigenvalue weighted by Crippen LogP contribution is -2.11. The quantitative estimate of drug-likeness (QED) is 0.530. The van der Waals surface area contributed by atoms with Crippen LogP contribution in [0.3, 0.4) is 0 Å². The lowest BCUT2D eigenvalue weighted by molar-refractivity contribution is 0.628. The zero-order valence-corrected chi connectivity index (χ0v) is 14.6. The summed E-state index contributed by atoms with van der Waals surface area (Å²) in [5.41, 5.74) is 7.83. The van der Waals surface area contributed by atoms with E-state index in [1.54, 1.807) is 12.1 Å². The number of aryl methyl sites for hydroxylation is 4. The van der Waals surface area contributed by atoms with Gasteiger partial charge in [-0.05, 0) is 92.4 Å². The predicted molar refractivity (Wildman–Crippen MR) is 100 cm³/mol. The van der Waals surface area contributed by atoms with E-state index in [0.717, 1.165) is 17.1 Å². The van der Waals surface area contributed by atoms with Crippen LogP contribution in [0, 0.1) is 33.5 Å². The Hall–Kier alpha value is -2.61. The molecule has 0 unspecified atom stereocenters. The van der Waals surface area contributed by atoms with E-state index in [0.29, 0.717) is 0 Å². The van der Waals surface area contributed by atoms with Crippen molar-refractivity contribution in [1.82, 2.24) is 0 Å². The van der Waals surface area contributed by atoms with E-state index < -0.39 is 0 Å². The highest BCUT2D eigenvalue weighted by Crippen LogP contribution is 2.36. The molecule has 2 heteroatoms. The standard InChI is InChI=1S/C22H22FN/c1-15-8-10-21(12-17(15)3)24(20-7-5-6-19(23)14-20)22-11-9-16(2)18(4)13-22/h5-14H,1-4H3. The van der Waals surface area contributed by atoms with E-state index >= 15 is 0 Å². The van der Waals surface area contributed by atoms with Gasteiger partial charge in [-0.1, -0.05) is 18.2 Å². The topological polar surface area (TPSA) is 3.24 Å². The van der Waals surface area contributed by atoms with Crippen LogP contribution in [0.4, 0.5) is 21.5 Å². The molecule has 0 bridgehead atoms. The Bertz CT molecular complexity index is 831. The maximum absolute atomic E-state index is 13.8. The first-order valence-electron chi connectivity index (χ1n) is 8.16. The average molecular weight is 319 g/mol. The fourth-order valence-corrected chi connectivity index (χ4v) is 2.79. The normalized spacial score (nSPS) is 10.7. The van der Waals surface area contributed by atoms with Crippen molar-refractivity contribution >= 4 is 17.1 Å². The maximum atomic E-state index is 13.8. The molecule has 0 saturated heterocycles. The molecule has 0 fully saturated rings. The molecule has 0 aliphatic heterocycles. The number of halogens is 1. The molecule has 3 rings (SSSR count). The molecule has 0 amide bonds. The van der Waals surface area contributed by atoms with Gasteiger partial charge in [0, 0.05) is 17.1 Å². The van der Waals surface area contributed by atoms with Crippen LogP contribution in [-0.2, 0) is 0 Å². The van der Waals surface area contributed by atoms with Crippen molar-refractivity contribution in [2.75, 3.05) is 4.90 Å². The van der Waals surface area contributed by atoms with Crippen molar-refractivity contribution in [3.63, 3.8) is 0 Å². The van der Waals surface area contributed by atoms with Crippen LogP contribution in [0.15, 0.2) is 60.7 Å². The zero-order chi connectivity index (χ0) is 17.3. The van der Waals surface area contributed by atoms with E-state index in [1.165, 1.54) is 28.3 Å². The SMILES string of the molecule is Cc1ccc(N(c2cccc(F)c2)c2ccc(C)c(C)c2)cc1C. The number of hydrogen-bond acceptors (Lipinski definition) is 1. The van der Waals surface area contributed by atoms with Crippen LogP contribution in [0.5, 0.6) is 0 Å². The van der Waals surface area contributed by atoms with Crippen LogP contribution in [-0.4, -0.2) is 0 Å². The number of hydrogen-bond donors (Lipinski definition) is 0. The van der Waals surface area contributed by atoms with Gasteiger partial charge in [0.2, 0.25) is 0 Å². The minimum absolute atomic E-state index is 0.231. The summed E-state index contributed by atoms with van der Waals surface area (Å²) in [5.74, 6) is -0.231. The molecule has 3 aromatic rings. The van der Waals surface area contributed by atoms with E-state index in [1.807, 2.05) is 6.07 Å². The Morgan fingerprint density at radius 3 is 1.54 bits per heavy atom. The van der Waals surface area contributed by atoms with Crippen molar-refractivity contribution in [1.29, 1.82) is 0 Å². The predicted octanol–water partition coefficient (Wildman–Crippen LogP) is 6.53. The highest BCUT2D eigenvalue weighted by Gasteiger charge is 2.14. The first kappa shape index (κ1) is 16.3. The van der Waals surface area contributed by atoms with Crippen LogP contribution < -0.4 is 4.90 Å². The highest BCUT2D eigenvalue weighted by molar-refractivity contribution is 5.77. The largest absolute Gasteiger partial charge is 0.310 e. The van der Waals surface area contributed by atoms with Gasteiger partial charge in [0.1, 0.15) is 5.82 Å². The molecule has 0 atom stereocenters. The van der Waals surface area contributed by atoms with Crippen molar-refractivity contribution in [3.8, 4) is 0 Å². The molecule has 122 valence electrons. The smallest absolute Gasteiger partial charge is 0.125 e. The van der Waals surface area contributed by atoms with Crippen molar-refractivity contribution in [2.45, 2.75) is 27.7 Å². The van der Waals surface area contributed by atoms with Crippen LogP contribution in [0.25, 0.3) is 0 Å². The Labute approximate surface area is 143 Å². The number of benzene rings is 3. The molecule has 0 aliphatic carbocycles. The van der Waals surface area contributed by atoms with Crippen LogP contribution >= 0.6 is 0 Å². The van der Waals surface area contributed by atoms with E-state index in [9.17, 15) is 4.39 Å². The first-order valence-corrected chi connectivity index (χ1v) is 8.16. The Morgan fingerprint density at radius 2 is 1.08 bits per heavy atom. The Balaban J connectivity index is 2.20. The van der Waals surface area contributed by atoms with Crippen molar-refractivity contribution in [2.24, 2.45) is 0 Å². The highest BCUT2D eigenvalue weighted by atomic mass is 19.1. The van der Waals surface area contributed by atoms with Crippen molar-refractivity contribution in [3.05, 3.63) is 88.7 Å². The summed E-state index contributed by atoms with van der Waals surface area (Å²) in [6.45, 7) is 8.40. The third-order valence-corrected chi connectivity index (χ3v) is 4.56. The summed E-state index contributed by atoms with van der Waals surface area (Å²) >= 11 is 0. The fraction of sp³-hybridized carbons (Fsp3) is 0.182. The molecule has 24 heavy (non-hydrogen) atoms. The van der Waals surface area contributed by atoms with Gasteiger partial charge in [0.15, 0.2) is 0 Å². The van der Waals surface area contributed by atoms with Gasteiger partial charge < -0.3 is 4.90 Å². The summed E-state index contributed by atoms with van der Waals surface area (Å²) < 4.78 is 13.8. The van der Waals surface area contributed by atoms with Crippen molar-refractivity contribution < 1.29 is 4.39 Å². The molecule has 0 spiro atoms. The van der Waals surface area contributed by atoms with Gasteiger partial charge in [0.05, 0.1) is 0 Å². The number of anilines is 3. The molecule has 0 radical (unpaired) electrons.